The standard InChI is InChI=1S/C31H26N4O4/c1-38-28-20-26(29(39-2)19-25(28)32-30(36)22-14-8-4-9-15-22)33-31(37)27-18-24(21-12-6-3-7-13-21)34-35(27)23-16-10-5-11-17-23/h3-20H,1-2H3,(H,32,36)(H,33,37). The lowest BCUT2D eigenvalue weighted by Crippen LogP contribution is -2.18. The highest BCUT2D eigenvalue weighted by molar-refractivity contribution is 6.07. The molecule has 8 nitrogen and oxygen atoms in total. The summed E-state index contributed by atoms with van der Waals surface area (Å²) in [6.45, 7) is 0. The van der Waals surface area contributed by atoms with Gasteiger partial charge in [-0.1, -0.05) is 66.7 Å². The van der Waals surface area contributed by atoms with Crippen molar-refractivity contribution in [3.8, 4) is 28.4 Å². The summed E-state index contributed by atoms with van der Waals surface area (Å²) in [6, 6.07) is 32.9. The Bertz CT molecular complexity index is 1600. The van der Waals surface area contributed by atoms with E-state index in [0.29, 0.717) is 39.8 Å². The average molecular weight is 519 g/mol. The van der Waals surface area contributed by atoms with E-state index in [1.165, 1.54) is 14.2 Å². The Labute approximate surface area is 225 Å². The van der Waals surface area contributed by atoms with Crippen LogP contribution in [-0.4, -0.2) is 35.8 Å². The molecule has 0 saturated carbocycles. The first-order valence-corrected chi connectivity index (χ1v) is 12.2. The Kier molecular flexibility index (Phi) is 7.36. The van der Waals surface area contributed by atoms with E-state index in [4.69, 9.17) is 14.6 Å². The summed E-state index contributed by atoms with van der Waals surface area (Å²) in [6.07, 6.45) is 0. The maximum Gasteiger partial charge on any atom is 0.274 e. The lowest BCUT2D eigenvalue weighted by atomic mass is 10.1. The maximum absolute atomic E-state index is 13.6. The minimum absolute atomic E-state index is 0.298. The molecule has 0 aliphatic rings. The molecule has 0 saturated heterocycles. The summed E-state index contributed by atoms with van der Waals surface area (Å²) in [5.74, 6) is 0.0152. The van der Waals surface area contributed by atoms with Crippen molar-refractivity contribution in [2.75, 3.05) is 24.9 Å². The van der Waals surface area contributed by atoms with Gasteiger partial charge in [0.15, 0.2) is 0 Å². The molecule has 0 bridgehead atoms. The average Bonchev–Trinajstić information content (AvgIpc) is 3.45. The fourth-order valence-electron chi connectivity index (χ4n) is 4.12. The second-order valence-corrected chi connectivity index (χ2v) is 8.56. The van der Waals surface area contributed by atoms with Crippen LogP contribution in [0, 0.1) is 0 Å². The summed E-state index contributed by atoms with van der Waals surface area (Å²) in [5.41, 5.74) is 3.91. The van der Waals surface area contributed by atoms with Crippen molar-refractivity contribution in [3.63, 3.8) is 0 Å². The molecule has 2 amide bonds. The number of rotatable bonds is 8. The van der Waals surface area contributed by atoms with E-state index in [9.17, 15) is 9.59 Å². The van der Waals surface area contributed by atoms with Gasteiger partial charge in [0, 0.05) is 23.3 Å². The highest BCUT2D eigenvalue weighted by Gasteiger charge is 2.21. The van der Waals surface area contributed by atoms with Gasteiger partial charge in [0.25, 0.3) is 11.8 Å². The van der Waals surface area contributed by atoms with E-state index in [0.717, 1.165) is 11.3 Å². The summed E-state index contributed by atoms with van der Waals surface area (Å²) >= 11 is 0. The van der Waals surface area contributed by atoms with Crippen LogP contribution in [0.1, 0.15) is 20.8 Å². The van der Waals surface area contributed by atoms with Crippen LogP contribution >= 0.6 is 0 Å². The van der Waals surface area contributed by atoms with Gasteiger partial charge in [-0.25, -0.2) is 4.68 Å². The largest absolute Gasteiger partial charge is 0.494 e. The molecule has 1 aromatic heterocycles. The Morgan fingerprint density at radius 1 is 0.667 bits per heavy atom. The van der Waals surface area contributed by atoms with E-state index in [-0.39, 0.29) is 5.91 Å². The molecule has 1 heterocycles. The smallest absolute Gasteiger partial charge is 0.274 e. The monoisotopic (exact) mass is 518 g/mol. The normalized spacial score (nSPS) is 10.5. The van der Waals surface area contributed by atoms with Gasteiger partial charge in [0.1, 0.15) is 17.2 Å². The van der Waals surface area contributed by atoms with Crippen molar-refractivity contribution < 1.29 is 19.1 Å². The molecule has 0 aliphatic carbocycles. The van der Waals surface area contributed by atoms with Crippen molar-refractivity contribution in [2.24, 2.45) is 0 Å². The number of aromatic nitrogens is 2. The van der Waals surface area contributed by atoms with Crippen LogP contribution < -0.4 is 20.1 Å². The Balaban J connectivity index is 1.48. The van der Waals surface area contributed by atoms with Gasteiger partial charge in [-0.2, -0.15) is 5.10 Å². The summed E-state index contributed by atoms with van der Waals surface area (Å²) in [7, 11) is 2.98. The minimum Gasteiger partial charge on any atom is -0.494 e. The third kappa shape index (κ3) is 5.50. The number of anilines is 2. The molecule has 0 spiro atoms. The van der Waals surface area contributed by atoms with Crippen LogP contribution in [0.5, 0.6) is 11.5 Å². The van der Waals surface area contributed by atoms with E-state index < -0.39 is 5.91 Å². The molecule has 194 valence electrons. The first kappa shape index (κ1) is 25.3. The van der Waals surface area contributed by atoms with Crippen molar-refractivity contribution >= 4 is 23.2 Å². The molecule has 0 unspecified atom stereocenters. The molecule has 0 radical (unpaired) electrons. The number of carbonyl (C=O) groups is 2. The fourth-order valence-corrected chi connectivity index (χ4v) is 4.12. The minimum atomic E-state index is -0.394. The maximum atomic E-state index is 13.6. The molecule has 5 aromatic rings. The molecule has 0 aliphatic heterocycles. The zero-order valence-corrected chi connectivity index (χ0v) is 21.4. The third-order valence-corrected chi connectivity index (χ3v) is 6.07. The van der Waals surface area contributed by atoms with Gasteiger partial charge < -0.3 is 20.1 Å². The zero-order valence-electron chi connectivity index (χ0n) is 21.4. The van der Waals surface area contributed by atoms with Crippen molar-refractivity contribution in [1.29, 1.82) is 0 Å². The first-order chi connectivity index (χ1) is 19.1. The van der Waals surface area contributed by atoms with Crippen molar-refractivity contribution in [1.82, 2.24) is 9.78 Å². The number of nitrogens with one attached hydrogen (secondary N) is 2. The Morgan fingerprint density at radius 2 is 1.18 bits per heavy atom. The highest BCUT2D eigenvalue weighted by Crippen LogP contribution is 2.37. The van der Waals surface area contributed by atoms with Crippen molar-refractivity contribution in [3.05, 3.63) is 120 Å². The number of carbonyl (C=O) groups excluding carboxylic acids is 2. The summed E-state index contributed by atoms with van der Waals surface area (Å²) in [4.78, 5) is 26.4. The predicted molar refractivity (Wildman–Crippen MR) is 151 cm³/mol. The lowest BCUT2D eigenvalue weighted by Gasteiger charge is -2.16. The molecule has 8 heteroatoms. The summed E-state index contributed by atoms with van der Waals surface area (Å²) in [5, 5.41) is 10.5. The highest BCUT2D eigenvalue weighted by atomic mass is 16.5. The number of hydrogen-bond acceptors (Lipinski definition) is 5. The van der Waals surface area contributed by atoms with E-state index >= 15 is 0 Å². The van der Waals surface area contributed by atoms with E-state index in [1.807, 2.05) is 66.7 Å². The first-order valence-electron chi connectivity index (χ1n) is 12.2. The molecule has 5 rings (SSSR count). The number of hydrogen-bond donors (Lipinski definition) is 2. The molecule has 2 N–H and O–H groups in total. The van der Waals surface area contributed by atoms with Crippen LogP contribution in [0.3, 0.4) is 0 Å². The molecular formula is C31H26N4O4. The number of ether oxygens (including phenoxy) is 2. The number of amides is 2. The van der Waals surface area contributed by atoms with Gasteiger partial charge in [-0.3, -0.25) is 9.59 Å². The van der Waals surface area contributed by atoms with Crippen LogP contribution in [0.15, 0.2) is 109 Å². The van der Waals surface area contributed by atoms with E-state index in [2.05, 4.69) is 10.6 Å². The molecule has 0 atom stereocenters. The molecule has 39 heavy (non-hydrogen) atoms. The number of methoxy groups -OCH3 is 2. The number of para-hydroxylation sites is 1. The van der Waals surface area contributed by atoms with Gasteiger partial charge in [0.2, 0.25) is 0 Å². The Hall–Kier alpha value is -5.37. The van der Waals surface area contributed by atoms with Gasteiger partial charge >= 0.3 is 0 Å². The van der Waals surface area contributed by atoms with Gasteiger partial charge in [-0.15, -0.1) is 0 Å². The van der Waals surface area contributed by atoms with Gasteiger partial charge in [-0.05, 0) is 30.3 Å². The second kappa shape index (κ2) is 11.4. The van der Waals surface area contributed by atoms with Crippen LogP contribution in [0.2, 0.25) is 0 Å². The van der Waals surface area contributed by atoms with Crippen molar-refractivity contribution in [2.45, 2.75) is 0 Å². The third-order valence-electron chi connectivity index (χ3n) is 6.07. The quantitative estimate of drug-likeness (QED) is 0.260. The number of nitrogens with zero attached hydrogens (tertiary/aromatic N) is 2. The molecule has 0 fully saturated rings. The van der Waals surface area contributed by atoms with Crippen LogP contribution in [-0.2, 0) is 0 Å². The van der Waals surface area contributed by atoms with Gasteiger partial charge in [0.05, 0.1) is 37.0 Å². The SMILES string of the molecule is COc1cc(NC(=O)c2cc(-c3ccccc3)nn2-c2ccccc2)c(OC)cc1NC(=O)c1ccccc1. The summed E-state index contributed by atoms with van der Waals surface area (Å²) < 4.78 is 12.7. The predicted octanol–water partition coefficient (Wildman–Crippen LogP) is 6.06. The lowest BCUT2D eigenvalue weighted by molar-refractivity contribution is 0.101. The Morgan fingerprint density at radius 3 is 1.74 bits per heavy atom. The topological polar surface area (TPSA) is 94.5 Å². The zero-order chi connectivity index (χ0) is 27.2. The second-order valence-electron chi connectivity index (χ2n) is 8.56. The molecule has 4 aromatic carbocycles. The molecular weight excluding hydrogens is 492 g/mol. The number of benzene rings is 4. The van der Waals surface area contributed by atoms with Crippen LogP contribution in [0.25, 0.3) is 16.9 Å². The van der Waals surface area contributed by atoms with E-state index in [1.54, 1.807) is 47.1 Å². The van der Waals surface area contributed by atoms with Crippen LogP contribution in [0.4, 0.5) is 11.4 Å². The fraction of sp³-hybridized carbons (Fsp3) is 0.0645.